The fourth-order valence-corrected chi connectivity index (χ4v) is 3.59. The monoisotopic (exact) mass is 406 g/mol. The molecular formula is C26H22N4O. The zero-order valence-corrected chi connectivity index (χ0v) is 17.0. The Morgan fingerprint density at radius 2 is 1.74 bits per heavy atom. The first-order chi connectivity index (χ1) is 15.3. The molecule has 31 heavy (non-hydrogen) atoms. The van der Waals surface area contributed by atoms with Crippen LogP contribution >= 0.6 is 0 Å². The van der Waals surface area contributed by atoms with Gasteiger partial charge in [0.1, 0.15) is 11.5 Å². The average Bonchev–Trinajstić information content (AvgIpc) is 3.21. The van der Waals surface area contributed by atoms with Crippen molar-refractivity contribution in [2.45, 2.75) is 12.8 Å². The third kappa shape index (κ3) is 4.56. The lowest BCUT2D eigenvalue weighted by molar-refractivity contribution is 0.406. The Balaban J connectivity index is 1.30. The molecule has 2 aromatic carbocycles. The molecule has 0 saturated heterocycles. The van der Waals surface area contributed by atoms with Gasteiger partial charge in [0.2, 0.25) is 0 Å². The van der Waals surface area contributed by atoms with E-state index >= 15 is 0 Å². The number of hydrogen-bond donors (Lipinski definition) is 2. The third-order valence-electron chi connectivity index (χ3n) is 5.10. The summed E-state index contributed by atoms with van der Waals surface area (Å²) in [5.74, 6) is 1.73. The maximum atomic E-state index is 6.17. The molecule has 0 atom stereocenters. The Morgan fingerprint density at radius 3 is 2.61 bits per heavy atom. The highest BCUT2D eigenvalue weighted by molar-refractivity contribution is 5.71. The van der Waals surface area contributed by atoms with Crippen LogP contribution in [0.4, 0.5) is 11.4 Å². The van der Waals surface area contributed by atoms with E-state index in [0.29, 0.717) is 0 Å². The molecular weight excluding hydrogens is 384 g/mol. The minimum Gasteiger partial charge on any atom is -0.462 e. The molecule has 0 radical (unpaired) electrons. The van der Waals surface area contributed by atoms with Crippen LogP contribution in [-0.2, 0) is 6.42 Å². The van der Waals surface area contributed by atoms with Gasteiger partial charge < -0.3 is 10.1 Å². The quantitative estimate of drug-likeness (QED) is 0.407. The maximum absolute atomic E-state index is 6.17. The van der Waals surface area contributed by atoms with Crippen LogP contribution in [0.2, 0.25) is 0 Å². The van der Waals surface area contributed by atoms with Crippen molar-refractivity contribution < 1.29 is 4.74 Å². The molecule has 5 nitrogen and oxygen atoms in total. The molecule has 2 aromatic heterocycles. The molecule has 2 heterocycles. The summed E-state index contributed by atoms with van der Waals surface area (Å²) in [7, 11) is 0. The van der Waals surface area contributed by atoms with E-state index in [9.17, 15) is 0 Å². The van der Waals surface area contributed by atoms with Crippen LogP contribution in [0, 0.1) is 0 Å². The Kier molecular flexibility index (Phi) is 5.31. The summed E-state index contributed by atoms with van der Waals surface area (Å²) >= 11 is 0. The van der Waals surface area contributed by atoms with Crippen molar-refractivity contribution in [3.05, 3.63) is 107 Å². The number of aromatic amines is 1. The topological polar surface area (TPSA) is 62.8 Å². The maximum Gasteiger partial charge on any atom is 0.129 e. The van der Waals surface area contributed by atoms with E-state index in [1.165, 1.54) is 5.56 Å². The summed E-state index contributed by atoms with van der Waals surface area (Å²) in [6.45, 7) is 0. The molecule has 0 aliphatic heterocycles. The second-order valence-electron chi connectivity index (χ2n) is 7.32. The molecule has 0 amide bonds. The normalized spacial score (nSPS) is 13.0. The molecule has 0 spiro atoms. The number of anilines is 2. The Bertz CT molecular complexity index is 1230. The number of nitrogens with one attached hydrogen (secondary N) is 2. The van der Waals surface area contributed by atoms with Gasteiger partial charge >= 0.3 is 0 Å². The molecule has 1 aliphatic rings. The van der Waals surface area contributed by atoms with E-state index in [-0.39, 0.29) is 0 Å². The smallest absolute Gasteiger partial charge is 0.129 e. The fraction of sp³-hybridized carbons (Fsp3) is 0.0769. The number of H-pyrrole nitrogens is 1. The molecule has 0 saturated carbocycles. The zero-order valence-electron chi connectivity index (χ0n) is 17.0. The van der Waals surface area contributed by atoms with Crippen molar-refractivity contribution in [1.29, 1.82) is 0 Å². The van der Waals surface area contributed by atoms with E-state index in [1.54, 1.807) is 6.20 Å². The molecule has 5 rings (SSSR count). The standard InChI is InChI=1S/C26H22N4O/c1-2-8-20(9-3-1)28-21-10-6-11-22(17-21)31-23-13-14-24-25(29-30-26(24)18-23)15-12-19-7-4-5-16-27-19/h1-12,15-18,28H,13-14H2,(H,29,30)/b15-12+. The van der Waals surface area contributed by atoms with Crippen LogP contribution < -0.4 is 10.1 Å². The first kappa shape index (κ1) is 18.9. The lowest BCUT2D eigenvalue weighted by Crippen LogP contribution is -2.04. The lowest BCUT2D eigenvalue weighted by Gasteiger charge is -2.15. The highest BCUT2D eigenvalue weighted by Gasteiger charge is 2.17. The van der Waals surface area contributed by atoms with E-state index in [4.69, 9.17) is 4.74 Å². The Labute approximate surface area is 181 Å². The van der Waals surface area contributed by atoms with Crippen molar-refractivity contribution in [3.8, 4) is 5.75 Å². The predicted molar refractivity (Wildman–Crippen MR) is 125 cm³/mol. The predicted octanol–water partition coefficient (Wildman–Crippen LogP) is 6.08. The number of allylic oxidation sites excluding steroid dienone is 1. The Morgan fingerprint density at radius 1 is 0.871 bits per heavy atom. The van der Waals surface area contributed by atoms with Crippen molar-refractivity contribution in [2.75, 3.05) is 5.32 Å². The number of para-hydroxylation sites is 1. The van der Waals surface area contributed by atoms with Gasteiger partial charge in [-0.3, -0.25) is 10.1 Å². The van der Waals surface area contributed by atoms with Gasteiger partial charge in [-0.2, -0.15) is 5.10 Å². The molecule has 0 unspecified atom stereocenters. The van der Waals surface area contributed by atoms with Crippen LogP contribution in [-0.4, -0.2) is 15.2 Å². The summed E-state index contributed by atoms with van der Waals surface area (Å²) in [4.78, 5) is 4.32. The van der Waals surface area contributed by atoms with Gasteiger partial charge in [-0.1, -0.05) is 30.3 Å². The number of pyridine rings is 1. The Hall–Kier alpha value is -4.12. The summed E-state index contributed by atoms with van der Waals surface area (Å²) in [5, 5.41) is 11.0. The SMILES string of the molecule is C1=C(Oc2cccc(Nc3ccccc3)c2)CCc2c(/C=C/c3ccccn3)n[nH]c21. The van der Waals surface area contributed by atoms with Gasteiger partial charge in [0.25, 0.3) is 0 Å². The first-order valence-electron chi connectivity index (χ1n) is 10.3. The molecule has 0 fully saturated rings. The highest BCUT2D eigenvalue weighted by Crippen LogP contribution is 2.29. The van der Waals surface area contributed by atoms with Crippen LogP contribution in [0.25, 0.3) is 18.2 Å². The molecule has 1 aliphatic carbocycles. The van der Waals surface area contributed by atoms with Gasteiger partial charge in [-0.05, 0) is 55.0 Å². The van der Waals surface area contributed by atoms with Crippen molar-refractivity contribution in [1.82, 2.24) is 15.2 Å². The second-order valence-corrected chi connectivity index (χ2v) is 7.32. The fourth-order valence-electron chi connectivity index (χ4n) is 3.59. The average molecular weight is 406 g/mol. The van der Waals surface area contributed by atoms with Crippen molar-refractivity contribution >= 4 is 29.6 Å². The van der Waals surface area contributed by atoms with E-state index in [0.717, 1.165) is 52.8 Å². The largest absolute Gasteiger partial charge is 0.462 e. The third-order valence-corrected chi connectivity index (χ3v) is 5.10. The van der Waals surface area contributed by atoms with Crippen LogP contribution in [0.5, 0.6) is 5.75 Å². The van der Waals surface area contributed by atoms with E-state index in [2.05, 4.69) is 20.5 Å². The first-order valence-corrected chi connectivity index (χ1v) is 10.3. The van der Waals surface area contributed by atoms with Crippen LogP contribution in [0.1, 0.15) is 29.1 Å². The highest BCUT2D eigenvalue weighted by atomic mass is 16.5. The van der Waals surface area contributed by atoms with Crippen molar-refractivity contribution in [3.63, 3.8) is 0 Å². The summed E-state index contributed by atoms with van der Waals surface area (Å²) in [6, 6.07) is 24.0. The summed E-state index contributed by atoms with van der Waals surface area (Å²) < 4.78 is 6.17. The van der Waals surface area contributed by atoms with Crippen LogP contribution in [0.15, 0.2) is 84.8 Å². The number of fused-ring (bicyclic) bond motifs is 1. The summed E-state index contributed by atoms with van der Waals surface area (Å²) in [5.41, 5.74) is 6.11. The van der Waals surface area contributed by atoms with E-state index < -0.39 is 0 Å². The summed E-state index contributed by atoms with van der Waals surface area (Å²) in [6.07, 6.45) is 9.53. The molecule has 4 aromatic rings. The minimum atomic E-state index is 0.811. The number of hydrogen-bond acceptors (Lipinski definition) is 4. The number of rotatable bonds is 6. The minimum absolute atomic E-state index is 0.811. The number of nitrogens with zero attached hydrogens (tertiary/aromatic N) is 2. The molecule has 2 N–H and O–H groups in total. The van der Waals surface area contributed by atoms with Gasteiger partial charge in [0, 0.05) is 41.7 Å². The second kappa shape index (κ2) is 8.71. The van der Waals surface area contributed by atoms with Gasteiger partial charge in [-0.25, -0.2) is 0 Å². The van der Waals surface area contributed by atoms with Gasteiger partial charge in [0.15, 0.2) is 0 Å². The number of aromatic nitrogens is 3. The molecule has 152 valence electrons. The number of ether oxygens (including phenoxy) is 1. The lowest BCUT2D eigenvalue weighted by atomic mass is 10.00. The number of benzene rings is 2. The van der Waals surface area contributed by atoms with Gasteiger partial charge in [0.05, 0.1) is 17.1 Å². The zero-order chi connectivity index (χ0) is 20.9. The molecule has 0 bridgehead atoms. The van der Waals surface area contributed by atoms with Crippen molar-refractivity contribution in [2.24, 2.45) is 0 Å². The van der Waals surface area contributed by atoms with Gasteiger partial charge in [-0.15, -0.1) is 0 Å². The molecule has 5 heteroatoms. The van der Waals surface area contributed by atoms with E-state index in [1.807, 2.05) is 91.0 Å². The van der Waals surface area contributed by atoms with Crippen LogP contribution in [0.3, 0.4) is 0 Å².